The van der Waals surface area contributed by atoms with E-state index in [9.17, 15) is 52.7 Å². The van der Waals surface area contributed by atoms with Crippen molar-refractivity contribution in [1.82, 2.24) is 51.5 Å². The van der Waals surface area contributed by atoms with Crippen molar-refractivity contribution >= 4 is 104 Å². The third-order valence-corrected chi connectivity index (χ3v) is 24.4. The molecule has 6 amide bonds. The highest BCUT2D eigenvalue weighted by Gasteiger charge is 2.46. The van der Waals surface area contributed by atoms with E-state index in [1.807, 2.05) is 51.6 Å². The summed E-state index contributed by atoms with van der Waals surface area (Å²) in [5.74, 6) is -3.93. The Balaban J connectivity index is 0.655. The molecule has 0 atom stereocenters. The Morgan fingerprint density at radius 1 is 0.398 bits per heavy atom. The molecule has 712 valence electrons. The minimum Gasteiger partial charge on any atom is -0.426 e. The largest absolute Gasteiger partial charge is 0.426 e. The molecular weight excluding hydrogens is 1690 g/mol. The number of carbonyl (C=O) groups is 11. The number of ketones is 2. The lowest BCUT2D eigenvalue weighted by atomic mass is 9.79. The number of esters is 3. The third kappa shape index (κ3) is 30.8. The van der Waals surface area contributed by atoms with E-state index in [1.165, 1.54) is 87.5 Å². The van der Waals surface area contributed by atoms with Gasteiger partial charge in [0.25, 0.3) is 5.91 Å². The van der Waals surface area contributed by atoms with Crippen LogP contribution in [0.5, 0.6) is 17.2 Å². The number of hydrogen-bond acceptors (Lipinski definition) is 22. The standard InChI is InChI=1S/C104H134N12O17/c1-73-29-22-34-81(74(73)2)88(120)37-25-48-106-95(123)69-113-56-55-112(70-96(124)107-49-26-38-89(121)85-36-24-40-91(132-77(5)118)101(85)133-78(6)119)57-58-114(60-62-115(61-59-113)72-98(126)109-52-53-110-102(127)82-35-23-39-90(75(82)3)131-76(4)117)71-97(125)108-51-28-64-129-66-68-130-67-65-128-63-27-50-105-94(122)43-16-13-21-54-116-87-47-45-80-31-18-20-33-84(80)100(87)104(9,10)93(116)42-15-12-14-41-92-103(7,8)99-83-32-19-17-30-79(83)44-46-86(99)111(92)11/h12,14-15,17-20,22-24,29-36,39-42,44-47H,13,16,21,25-28,37-38,43,48-72H2,1-11H3,(H5-,105,106,107,108,109,110,122,123,124,125,126,127)/p+1. The van der Waals surface area contributed by atoms with E-state index in [1.54, 1.807) is 25.1 Å². The maximum absolute atomic E-state index is 13.9. The number of nitrogens with zero attached hydrogens (tertiary/aromatic N) is 6. The van der Waals surface area contributed by atoms with Gasteiger partial charge in [-0.25, -0.2) is 0 Å². The van der Waals surface area contributed by atoms with E-state index in [-0.39, 0.29) is 141 Å². The summed E-state index contributed by atoms with van der Waals surface area (Å²) >= 11 is 0. The first-order chi connectivity index (χ1) is 64.0. The van der Waals surface area contributed by atoms with E-state index >= 15 is 0 Å². The molecule has 1 saturated heterocycles. The SMILES string of the molecule is CC(=O)Oc1cccc(C(=O)NCCNC(=O)CN2CCN(CC(=O)NCCCOCCOCCOCCCNC(=O)CCCCC[N+]3=C(/C=C/C=C/C=C4/N(C)c5ccc6ccccc6c5C4(C)C)C(C)(C)c4c3ccc3ccccc43)CCN(CC(=O)NCCCC(=O)c3cccc(OC(C)=O)c3OC(C)=O)CCN(CC(=O)NCCCC(=O)c3cccc(C)c3C)CC2)c1C. The quantitative estimate of drug-likeness (QED) is 0.00515. The van der Waals surface area contributed by atoms with Gasteiger partial charge in [-0.05, 0) is 154 Å². The maximum atomic E-state index is 13.9. The molecule has 6 N–H and O–H groups in total. The van der Waals surface area contributed by atoms with Gasteiger partial charge in [-0.2, -0.15) is 4.58 Å². The van der Waals surface area contributed by atoms with Crippen LogP contribution in [0.2, 0.25) is 0 Å². The Morgan fingerprint density at radius 3 is 1.41 bits per heavy atom. The molecule has 7 aromatic carbocycles. The van der Waals surface area contributed by atoms with Crippen LogP contribution in [0.1, 0.15) is 172 Å². The first-order valence-corrected chi connectivity index (χ1v) is 46.6. The number of Topliss-reactive ketones (excluding diaryl/α,β-unsaturated/α-hetero) is 2. The molecule has 0 aromatic heterocycles. The normalized spacial score (nSPS) is 15.2. The van der Waals surface area contributed by atoms with Crippen molar-refractivity contribution in [2.24, 2.45) is 0 Å². The number of aryl methyl sites for hydroxylation is 1. The number of amides is 6. The summed E-state index contributed by atoms with van der Waals surface area (Å²) in [7, 11) is 2.16. The second-order valence-electron chi connectivity index (χ2n) is 35.1. The molecule has 29 nitrogen and oxygen atoms in total. The van der Waals surface area contributed by atoms with Crippen molar-refractivity contribution in [2.45, 2.75) is 144 Å². The number of anilines is 1. The number of allylic oxidation sites excluding steroid dienone is 6. The van der Waals surface area contributed by atoms with E-state index in [4.69, 9.17) is 28.4 Å². The lowest BCUT2D eigenvalue weighted by Crippen LogP contribution is -2.51. The van der Waals surface area contributed by atoms with E-state index in [0.29, 0.717) is 147 Å². The fourth-order valence-corrected chi connectivity index (χ4v) is 17.3. The van der Waals surface area contributed by atoms with Gasteiger partial charge in [0, 0.05) is 210 Å². The van der Waals surface area contributed by atoms with E-state index in [2.05, 4.69) is 179 Å². The van der Waals surface area contributed by atoms with Gasteiger partial charge in [-0.3, -0.25) is 72.3 Å². The summed E-state index contributed by atoms with van der Waals surface area (Å²) in [6.45, 7) is 25.2. The van der Waals surface area contributed by atoms with Crippen molar-refractivity contribution in [3.05, 3.63) is 208 Å². The average molecular weight is 1830 g/mol. The van der Waals surface area contributed by atoms with Crippen molar-refractivity contribution in [1.29, 1.82) is 0 Å². The Labute approximate surface area is 782 Å². The molecule has 0 spiro atoms. The second kappa shape index (κ2) is 51.9. The van der Waals surface area contributed by atoms with Crippen molar-refractivity contribution in [3.8, 4) is 17.2 Å². The third-order valence-electron chi connectivity index (χ3n) is 24.4. The predicted octanol–water partition coefficient (Wildman–Crippen LogP) is 11.4. The fraction of sp³-hybridized carbons (Fsp3) is 0.462. The Hall–Kier alpha value is -12.0. The van der Waals surface area contributed by atoms with Crippen LogP contribution in [0.25, 0.3) is 21.5 Å². The van der Waals surface area contributed by atoms with Gasteiger partial charge < -0.3 is 65.2 Å². The smallest absolute Gasteiger partial charge is 0.308 e. The first kappa shape index (κ1) is 103. The molecule has 0 radical (unpaired) electrons. The molecule has 29 heteroatoms. The summed E-state index contributed by atoms with van der Waals surface area (Å²) in [4.78, 5) is 154. The average Bonchev–Trinajstić information content (AvgIpc) is 1.60. The number of carbonyl (C=O) groups excluding carboxylic acids is 11. The molecular formula is C104H135N12O17+. The molecule has 7 aromatic rings. The molecule has 1 fully saturated rings. The van der Waals surface area contributed by atoms with Gasteiger partial charge in [0.05, 0.1) is 63.6 Å². The van der Waals surface area contributed by atoms with Gasteiger partial charge in [0.15, 0.2) is 28.8 Å². The lowest BCUT2D eigenvalue weighted by Gasteiger charge is -2.33. The van der Waals surface area contributed by atoms with Crippen LogP contribution in [0.15, 0.2) is 163 Å². The number of fused-ring (bicyclic) bond motifs is 6. The maximum Gasteiger partial charge on any atom is 0.308 e. The number of rotatable bonds is 48. The molecule has 133 heavy (non-hydrogen) atoms. The van der Waals surface area contributed by atoms with E-state index in [0.717, 1.165) is 43.9 Å². The molecule has 0 saturated carbocycles. The van der Waals surface area contributed by atoms with Crippen LogP contribution >= 0.6 is 0 Å². The molecule has 0 aliphatic carbocycles. The number of unbranched alkanes of at least 4 members (excludes halogenated alkanes) is 2. The topological polar surface area (TPSA) is 335 Å². The summed E-state index contributed by atoms with van der Waals surface area (Å²) in [5, 5.41) is 22.7. The number of benzene rings is 7. The number of para-hydroxylation sites is 1. The Morgan fingerprint density at radius 2 is 0.857 bits per heavy atom. The number of likely N-dealkylation sites (N-methyl/N-ethyl adjacent to an activating group) is 1. The highest BCUT2D eigenvalue weighted by Crippen LogP contribution is 2.50. The van der Waals surface area contributed by atoms with Crippen molar-refractivity contribution < 1.29 is 85.7 Å². The van der Waals surface area contributed by atoms with Gasteiger partial charge in [0.1, 0.15) is 12.3 Å². The number of ether oxygens (including phenoxy) is 6. The molecule has 3 heterocycles. The highest BCUT2D eigenvalue weighted by molar-refractivity contribution is 6.08. The summed E-state index contributed by atoms with van der Waals surface area (Å²) in [6.07, 6.45) is 16.1. The summed E-state index contributed by atoms with van der Waals surface area (Å²) in [5.41, 5.74) is 10.7. The Kier molecular flexibility index (Phi) is 40.2. The van der Waals surface area contributed by atoms with Crippen molar-refractivity contribution in [3.63, 3.8) is 0 Å². The highest BCUT2D eigenvalue weighted by atomic mass is 16.6. The van der Waals surface area contributed by atoms with Gasteiger partial charge in [-0.1, -0.05) is 117 Å². The number of hydrogen-bond donors (Lipinski definition) is 6. The molecule has 0 unspecified atom stereocenters. The predicted molar refractivity (Wildman–Crippen MR) is 516 cm³/mol. The molecule has 3 aliphatic rings. The molecule has 3 aliphatic heterocycles. The summed E-state index contributed by atoms with van der Waals surface area (Å²) < 4.78 is 35.7. The van der Waals surface area contributed by atoms with Crippen LogP contribution in [0.4, 0.5) is 11.4 Å². The van der Waals surface area contributed by atoms with E-state index < -0.39 is 29.6 Å². The molecule has 0 bridgehead atoms. The molecule has 10 rings (SSSR count). The monoisotopic (exact) mass is 1820 g/mol. The zero-order valence-corrected chi connectivity index (χ0v) is 79.4. The van der Waals surface area contributed by atoms with Gasteiger partial charge >= 0.3 is 17.9 Å². The van der Waals surface area contributed by atoms with Crippen LogP contribution in [0, 0.1) is 20.8 Å². The summed E-state index contributed by atoms with van der Waals surface area (Å²) in [6, 6.07) is 41.1. The van der Waals surface area contributed by atoms with Gasteiger partial charge in [-0.15, -0.1) is 0 Å². The van der Waals surface area contributed by atoms with Gasteiger partial charge in [0.2, 0.25) is 35.2 Å². The Bertz CT molecular complexity index is 5390. The minimum absolute atomic E-state index is 0.0141. The zero-order chi connectivity index (χ0) is 95.4. The van der Waals surface area contributed by atoms with Crippen LogP contribution in [-0.2, 0) is 63.4 Å². The second-order valence-corrected chi connectivity index (χ2v) is 35.1. The van der Waals surface area contributed by atoms with Crippen molar-refractivity contribution in [2.75, 3.05) is 176 Å². The number of nitrogens with one attached hydrogen (secondary N) is 6. The minimum atomic E-state index is -0.719. The first-order valence-electron chi connectivity index (χ1n) is 46.6. The zero-order valence-electron chi connectivity index (χ0n) is 79.4. The van der Waals surface area contributed by atoms with Crippen LogP contribution < -0.4 is 51.0 Å². The van der Waals surface area contributed by atoms with Crippen LogP contribution in [-0.4, -0.2) is 266 Å². The van der Waals surface area contributed by atoms with Crippen LogP contribution in [0.3, 0.4) is 0 Å². The lowest BCUT2D eigenvalue weighted by molar-refractivity contribution is -0.438. The fourth-order valence-electron chi connectivity index (χ4n) is 17.3.